The van der Waals surface area contributed by atoms with Crippen molar-refractivity contribution in [3.05, 3.63) is 60.1 Å². The molecule has 1 aromatic heterocycles. The summed E-state index contributed by atoms with van der Waals surface area (Å²) in [6.07, 6.45) is 3.19. The Morgan fingerprint density at radius 3 is 2.32 bits per heavy atom. The summed E-state index contributed by atoms with van der Waals surface area (Å²) in [6, 6.07) is 13.8. The summed E-state index contributed by atoms with van der Waals surface area (Å²) in [5.41, 5.74) is 1.18. The summed E-state index contributed by atoms with van der Waals surface area (Å²) in [7, 11) is 0. The second-order valence-corrected chi connectivity index (χ2v) is 7.51. The topological polar surface area (TPSA) is 53.8 Å². The first-order chi connectivity index (χ1) is 13.4. The van der Waals surface area contributed by atoms with Gasteiger partial charge in [0.1, 0.15) is 12.3 Å². The highest BCUT2D eigenvalue weighted by atomic mass is 16.3. The molecule has 0 fully saturated rings. The highest BCUT2D eigenvalue weighted by molar-refractivity contribution is 5.86. The molecule has 2 amide bonds. The third kappa shape index (κ3) is 6.25. The van der Waals surface area contributed by atoms with E-state index >= 15 is 0 Å². The summed E-state index contributed by atoms with van der Waals surface area (Å²) < 4.78 is 5.45. The molecule has 0 spiro atoms. The van der Waals surface area contributed by atoms with E-state index in [1.54, 1.807) is 16.1 Å². The molecule has 0 aliphatic rings. The largest absolute Gasteiger partial charge is 0.467 e. The predicted molar refractivity (Wildman–Crippen MR) is 111 cm³/mol. The van der Waals surface area contributed by atoms with Crippen LogP contribution >= 0.6 is 0 Å². The number of benzene rings is 1. The Labute approximate surface area is 168 Å². The minimum Gasteiger partial charge on any atom is -0.467 e. The molecule has 152 valence electrons. The van der Waals surface area contributed by atoms with E-state index in [-0.39, 0.29) is 30.3 Å². The lowest BCUT2D eigenvalue weighted by molar-refractivity contribution is -0.144. The van der Waals surface area contributed by atoms with Crippen molar-refractivity contribution in [1.29, 1.82) is 0 Å². The Morgan fingerprint density at radius 1 is 1.04 bits per heavy atom. The van der Waals surface area contributed by atoms with Gasteiger partial charge in [-0.15, -0.1) is 0 Å². The SMILES string of the molecule is CCC(C)N(CC(=O)N(CCc1ccccc1)Cc1ccco1)C(=O)C(C)C. The molecule has 1 heterocycles. The number of hydrogen-bond acceptors (Lipinski definition) is 3. The van der Waals surface area contributed by atoms with E-state index in [2.05, 4.69) is 12.1 Å². The van der Waals surface area contributed by atoms with Gasteiger partial charge in [-0.25, -0.2) is 0 Å². The van der Waals surface area contributed by atoms with Gasteiger partial charge in [0.2, 0.25) is 11.8 Å². The van der Waals surface area contributed by atoms with Crippen LogP contribution in [-0.4, -0.2) is 40.7 Å². The number of hydrogen-bond donors (Lipinski definition) is 0. The van der Waals surface area contributed by atoms with Crippen LogP contribution in [0.2, 0.25) is 0 Å². The van der Waals surface area contributed by atoms with E-state index in [0.29, 0.717) is 13.1 Å². The van der Waals surface area contributed by atoms with Gasteiger partial charge in [-0.2, -0.15) is 0 Å². The lowest BCUT2D eigenvalue weighted by atomic mass is 10.1. The van der Waals surface area contributed by atoms with E-state index < -0.39 is 0 Å². The molecule has 28 heavy (non-hydrogen) atoms. The fourth-order valence-electron chi connectivity index (χ4n) is 3.04. The highest BCUT2D eigenvalue weighted by Crippen LogP contribution is 2.13. The number of carbonyl (C=O) groups is 2. The fourth-order valence-corrected chi connectivity index (χ4v) is 3.04. The molecule has 0 aliphatic carbocycles. The Hall–Kier alpha value is -2.56. The van der Waals surface area contributed by atoms with Crippen molar-refractivity contribution in [2.45, 2.75) is 53.1 Å². The summed E-state index contributed by atoms with van der Waals surface area (Å²) >= 11 is 0. The third-order valence-corrected chi connectivity index (χ3v) is 5.00. The first-order valence-electron chi connectivity index (χ1n) is 10.1. The molecule has 0 N–H and O–H groups in total. The first-order valence-corrected chi connectivity index (χ1v) is 10.1. The monoisotopic (exact) mass is 384 g/mol. The van der Waals surface area contributed by atoms with Crippen LogP contribution in [0.4, 0.5) is 0 Å². The van der Waals surface area contributed by atoms with Crippen LogP contribution < -0.4 is 0 Å². The summed E-state index contributed by atoms with van der Waals surface area (Å²) in [5.74, 6) is 0.571. The van der Waals surface area contributed by atoms with E-state index in [1.165, 1.54) is 5.56 Å². The molecule has 0 radical (unpaired) electrons. The molecule has 5 nitrogen and oxygen atoms in total. The van der Waals surface area contributed by atoms with Crippen LogP contribution in [0, 0.1) is 5.92 Å². The molecule has 0 saturated heterocycles. The average molecular weight is 385 g/mol. The third-order valence-electron chi connectivity index (χ3n) is 5.00. The van der Waals surface area contributed by atoms with Gasteiger partial charge in [0.05, 0.1) is 12.8 Å². The zero-order valence-electron chi connectivity index (χ0n) is 17.4. The van der Waals surface area contributed by atoms with Crippen molar-refractivity contribution in [1.82, 2.24) is 9.80 Å². The maximum absolute atomic E-state index is 13.1. The van der Waals surface area contributed by atoms with Crippen LogP contribution in [0.15, 0.2) is 53.1 Å². The first kappa shape index (κ1) is 21.7. The Kier molecular flexibility index (Phi) is 8.30. The van der Waals surface area contributed by atoms with Gasteiger partial charge >= 0.3 is 0 Å². The van der Waals surface area contributed by atoms with Crippen molar-refractivity contribution in [2.75, 3.05) is 13.1 Å². The smallest absolute Gasteiger partial charge is 0.242 e. The van der Waals surface area contributed by atoms with Crippen LogP contribution in [0.1, 0.15) is 45.4 Å². The van der Waals surface area contributed by atoms with Gasteiger partial charge in [-0.1, -0.05) is 51.1 Å². The number of carbonyl (C=O) groups excluding carboxylic acids is 2. The van der Waals surface area contributed by atoms with Crippen LogP contribution in [0.5, 0.6) is 0 Å². The summed E-state index contributed by atoms with van der Waals surface area (Å²) in [4.78, 5) is 29.3. The molecule has 5 heteroatoms. The minimum absolute atomic E-state index is 0.0173. The Bertz CT molecular complexity index is 726. The van der Waals surface area contributed by atoms with Gasteiger partial charge in [0.15, 0.2) is 0 Å². The average Bonchev–Trinajstić information content (AvgIpc) is 3.21. The molecule has 2 rings (SSSR count). The predicted octanol–water partition coefficient (Wildman–Crippen LogP) is 4.13. The summed E-state index contributed by atoms with van der Waals surface area (Å²) in [6.45, 7) is 8.86. The van der Waals surface area contributed by atoms with Crippen molar-refractivity contribution in [3.63, 3.8) is 0 Å². The molecular weight excluding hydrogens is 352 g/mol. The fraction of sp³-hybridized carbons (Fsp3) is 0.478. The second kappa shape index (κ2) is 10.7. The zero-order chi connectivity index (χ0) is 20.5. The van der Waals surface area contributed by atoms with Gasteiger partial charge in [0, 0.05) is 18.5 Å². The number of amides is 2. The van der Waals surface area contributed by atoms with Gasteiger partial charge in [-0.05, 0) is 37.5 Å². The van der Waals surface area contributed by atoms with Crippen molar-refractivity contribution in [2.24, 2.45) is 5.92 Å². The molecule has 0 saturated carbocycles. The zero-order valence-corrected chi connectivity index (χ0v) is 17.4. The van der Waals surface area contributed by atoms with Gasteiger partial charge in [-0.3, -0.25) is 9.59 Å². The lowest BCUT2D eigenvalue weighted by Gasteiger charge is -2.32. The second-order valence-electron chi connectivity index (χ2n) is 7.51. The lowest BCUT2D eigenvalue weighted by Crippen LogP contribution is -2.48. The van der Waals surface area contributed by atoms with Crippen molar-refractivity contribution in [3.8, 4) is 0 Å². The van der Waals surface area contributed by atoms with Gasteiger partial charge in [0.25, 0.3) is 0 Å². The van der Waals surface area contributed by atoms with E-state index in [1.807, 2.05) is 58.0 Å². The molecule has 1 atom stereocenters. The molecule has 1 unspecified atom stereocenters. The van der Waals surface area contributed by atoms with Gasteiger partial charge < -0.3 is 14.2 Å². The number of furan rings is 1. The summed E-state index contributed by atoms with van der Waals surface area (Å²) in [5, 5.41) is 0. The molecule has 2 aromatic rings. The maximum atomic E-state index is 13.1. The van der Waals surface area contributed by atoms with E-state index in [9.17, 15) is 9.59 Å². The van der Waals surface area contributed by atoms with E-state index in [0.717, 1.165) is 18.6 Å². The van der Waals surface area contributed by atoms with Crippen LogP contribution in [-0.2, 0) is 22.6 Å². The maximum Gasteiger partial charge on any atom is 0.242 e. The normalized spacial score (nSPS) is 12.0. The van der Waals surface area contributed by atoms with Crippen LogP contribution in [0.3, 0.4) is 0 Å². The Morgan fingerprint density at radius 2 is 1.75 bits per heavy atom. The van der Waals surface area contributed by atoms with Crippen molar-refractivity contribution >= 4 is 11.8 Å². The van der Waals surface area contributed by atoms with E-state index in [4.69, 9.17) is 4.42 Å². The number of nitrogens with zero attached hydrogens (tertiary/aromatic N) is 2. The standard InChI is InChI=1S/C23H32N2O3/c1-5-19(4)25(23(27)18(2)3)17-22(26)24(16-21-12-9-15-28-21)14-13-20-10-7-6-8-11-20/h6-12,15,18-19H,5,13-14,16-17H2,1-4H3. The minimum atomic E-state index is -0.135. The number of rotatable bonds is 10. The molecule has 0 aliphatic heterocycles. The molecule has 1 aromatic carbocycles. The Balaban J connectivity index is 2.12. The molecule has 0 bridgehead atoms. The highest BCUT2D eigenvalue weighted by Gasteiger charge is 2.26. The molecular formula is C23H32N2O3. The van der Waals surface area contributed by atoms with Crippen LogP contribution in [0.25, 0.3) is 0 Å². The quantitative estimate of drug-likeness (QED) is 0.619. The van der Waals surface area contributed by atoms with Crippen molar-refractivity contribution < 1.29 is 14.0 Å².